The molecule has 0 spiro atoms. The van der Waals surface area contributed by atoms with Gasteiger partial charge in [0.15, 0.2) is 0 Å². The van der Waals surface area contributed by atoms with Gasteiger partial charge in [0.25, 0.3) is 0 Å². The first-order valence-electron chi connectivity index (χ1n) is 4.72. The van der Waals surface area contributed by atoms with Crippen LogP contribution in [0.2, 0.25) is 0 Å². The summed E-state index contributed by atoms with van der Waals surface area (Å²) in [5.74, 6) is 5.48. The van der Waals surface area contributed by atoms with E-state index in [2.05, 4.69) is 15.3 Å². The predicted molar refractivity (Wildman–Crippen MR) is 57.6 cm³/mol. The van der Waals surface area contributed by atoms with E-state index in [9.17, 15) is 0 Å². The third-order valence-corrected chi connectivity index (χ3v) is 2.05. The SMILES string of the molecule is CN(C)CC(Cc1ccncc1)NN. The van der Waals surface area contributed by atoms with Crippen molar-refractivity contribution in [1.29, 1.82) is 0 Å². The summed E-state index contributed by atoms with van der Waals surface area (Å²) in [5.41, 5.74) is 4.07. The Bertz CT molecular complexity index is 248. The quantitative estimate of drug-likeness (QED) is 0.512. The molecule has 4 nitrogen and oxygen atoms in total. The van der Waals surface area contributed by atoms with Crippen molar-refractivity contribution in [1.82, 2.24) is 15.3 Å². The second kappa shape index (κ2) is 5.70. The van der Waals surface area contributed by atoms with Crippen LogP contribution in [0.25, 0.3) is 0 Å². The highest BCUT2D eigenvalue weighted by molar-refractivity contribution is 5.11. The van der Waals surface area contributed by atoms with E-state index in [1.807, 2.05) is 26.2 Å². The number of nitrogens with two attached hydrogens (primary N) is 1. The number of likely N-dealkylation sites (N-methyl/N-ethyl adjacent to an activating group) is 1. The van der Waals surface area contributed by atoms with Gasteiger partial charge < -0.3 is 4.90 Å². The molecule has 0 aliphatic heterocycles. The Morgan fingerprint density at radius 3 is 2.57 bits per heavy atom. The minimum absolute atomic E-state index is 0.285. The molecule has 14 heavy (non-hydrogen) atoms. The summed E-state index contributed by atoms with van der Waals surface area (Å²) in [5, 5.41) is 0. The van der Waals surface area contributed by atoms with Gasteiger partial charge in [-0.2, -0.15) is 0 Å². The monoisotopic (exact) mass is 194 g/mol. The van der Waals surface area contributed by atoms with Crippen LogP contribution in [0, 0.1) is 0 Å². The van der Waals surface area contributed by atoms with Crippen LogP contribution in [0.5, 0.6) is 0 Å². The van der Waals surface area contributed by atoms with Crippen molar-refractivity contribution in [2.75, 3.05) is 20.6 Å². The largest absolute Gasteiger partial charge is 0.308 e. The van der Waals surface area contributed by atoms with E-state index in [-0.39, 0.29) is 6.04 Å². The minimum Gasteiger partial charge on any atom is -0.308 e. The van der Waals surface area contributed by atoms with E-state index in [0.29, 0.717) is 0 Å². The maximum atomic E-state index is 5.48. The zero-order valence-electron chi connectivity index (χ0n) is 8.77. The smallest absolute Gasteiger partial charge is 0.0377 e. The third kappa shape index (κ3) is 3.83. The molecule has 0 saturated heterocycles. The number of hydrazine groups is 1. The van der Waals surface area contributed by atoms with E-state index in [0.717, 1.165) is 13.0 Å². The number of pyridine rings is 1. The zero-order chi connectivity index (χ0) is 10.4. The Morgan fingerprint density at radius 2 is 2.07 bits per heavy atom. The highest BCUT2D eigenvalue weighted by Gasteiger charge is 2.08. The molecular formula is C10H18N4. The molecule has 1 unspecified atom stereocenters. The van der Waals surface area contributed by atoms with Gasteiger partial charge in [-0.05, 0) is 38.2 Å². The normalized spacial score (nSPS) is 13.1. The lowest BCUT2D eigenvalue weighted by Crippen LogP contribution is -2.43. The van der Waals surface area contributed by atoms with Crippen LogP contribution in [0.4, 0.5) is 0 Å². The minimum atomic E-state index is 0.285. The first-order valence-corrected chi connectivity index (χ1v) is 4.72. The molecular weight excluding hydrogens is 176 g/mol. The molecule has 0 aliphatic rings. The van der Waals surface area contributed by atoms with Crippen LogP contribution in [0.3, 0.4) is 0 Å². The summed E-state index contributed by atoms with van der Waals surface area (Å²) >= 11 is 0. The number of nitrogens with one attached hydrogen (secondary N) is 1. The summed E-state index contributed by atoms with van der Waals surface area (Å²) < 4.78 is 0. The average Bonchev–Trinajstić information content (AvgIpc) is 2.17. The molecule has 78 valence electrons. The van der Waals surface area contributed by atoms with Crippen molar-refractivity contribution in [3.63, 3.8) is 0 Å². The van der Waals surface area contributed by atoms with Gasteiger partial charge in [0.1, 0.15) is 0 Å². The van der Waals surface area contributed by atoms with Crippen LogP contribution in [0.15, 0.2) is 24.5 Å². The van der Waals surface area contributed by atoms with Crippen LogP contribution in [-0.4, -0.2) is 36.6 Å². The van der Waals surface area contributed by atoms with Gasteiger partial charge in [0, 0.05) is 25.0 Å². The zero-order valence-corrected chi connectivity index (χ0v) is 8.77. The summed E-state index contributed by atoms with van der Waals surface area (Å²) in [6.07, 6.45) is 4.54. The first-order chi connectivity index (χ1) is 6.72. The van der Waals surface area contributed by atoms with E-state index in [1.54, 1.807) is 12.4 Å². The molecule has 1 heterocycles. The Labute approximate surface area is 85.1 Å². The third-order valence-electron chi connectivity index (χ3n) is 2.05. The Hall–Kier alpha value is -0.970. The topological polar surface area (TPSA) is 54.2 Å². The standard InChI is InChI=1S/C10H18N4/c1-14(2)8-10(13-11)7-9-3-5-12-6-4-9/h3-6,10,13H,7-8,11H2,1-2H3. The van der Waals surface area contributed by atoms with Gasteiger partial charge in [0.2, 0.25) is 0 Å². The second-order valence-corrected chi connectivity index (χ2v) is 3.69. The number of hydrogen-bond acceptors (Lipinski definition) is 4. The highest BCUT2D eigenvalue weighted by atomic mass is 15.3. The lowest BCUT2D eigenvalue weighted by molar-refractivity contribution is 0.338. The number of nitrogens with zero attached hydrogens (tertiary/aromatic N) is 2. The van der Waals surface area contributed by atoms with Crippen molar-refractivity contribution in [3.8, 4) is 0 Å². The molecule has 1 aromatic heterocycles. The molecule has 0 amide bonds. The molecule has 1 aromatic rings. The van der Waals surface area contributed by atoms with Gasteiger partial charge in [-0.15, -0.1) is 0 Å². The predicted octanol–water partition coefficient (Wildman–Crippen LogP) is 0.0176. The molecule has 0 radical (unpaired) electrons. The van der Waals surface area contributed by atoms with Crippen molar-refractivity contribution >= 4 is 0 Å². The van der Waals surface area contributed by atoms with Crippen molar-refractivity contribution in [2.45, 2.75) is 12.5 Å². The Morgan fingerprint density at radius 1 is 1.43 bits per heavy atom. The van der Waals surface area contributed by atoms with Gasteiger partial charge in [-0.3, -0.25) is 16.3 Å². The van der Waals surface area contributed by atoms with Gasteiger partial charge in [-0.25, -0.2) is 0 Å². The van der Waals surface area contributed by atoms with E-state index < -0.39 is 0 Å². The lowest BCUT2D eigenvalue weighted by Gasteiger charge is -2.20. The molecule has 3 N–H and O–H groups in total. The van der Waals surface area contributed by atoms with Crippen molar-refractivity contribution in [3.05, 3.63) is 30.1 Å². The van der Waals surface area contributed by atoms with Crippen molar-refractivity contribution in [2.24, 2.45) is 5.84 Å². The first kappa shape index (κ1) is 11.1. The van der Waals surface area contributed by atoms with Crippen LogP contribution in [-0.2, 0) is 6.42 Å². The molecule has 0 aliphatic carbocycles. The maximum Gasteiger partial charge on any atom is 0.0377 e. The summed E-state index contributed by atoms with van der Waals surface area (Å²) in [4.78, 5) is 6.09. The molecule has 0 bridgehead atoms. The molecule has 1 rings (SSSR count). The van der Waals surface area contributed by atoms with Gasteiger partial charge >= 0.3 is 0 Å². The van der Waals surface area contributed by atoms with Gasteiger partial charge in [0.05, 0.1) is 0 Å². The van der Waals surface area contributed by atoms with Crippen LogP contribution in [0.1, 0.15) is 5.56 Å². The molecule has 4 heteroatoms. The lowest BCUT2D eigenvalue weighted by atomic mass is 10.1. The second-order valence-electron chi connectivity index (χ2n) is 3.69. The van der Waals surface area contributed by atoms with Crippen LogP contribution < -0.4 is 11.3 Å². The Balaban J connectivity index is 2.48. The summed E-state index contributed by atoms with van der Waals surface area (Å²) in [6.45, 7) is 0.929. The maximum absolute atomic E-state index is 5.48. The highest BCUT2D eigenvalue weighted by Crippen LogP contribution is 2.01. The fourth-order valence-corrected chi connectivity index (χ4v) is 1.42. The molecule has 0 fully saturated rings. The molecule has 0 saturated carbocycles. The number of aromatic nitrogens is 1. The van der Waals surface area contributed by atoms with E-state index >= 15 is 0 Å². The average molecular weight is 194 g/mol. The summed E-state index contributed by atoms with van der Waals surface area (Å²) in [7, 11) is 4.08. The summed E-state index contributed by atoms with van der Waals surface area (Å²) in [6, 6.07) is 4.31. The molecule has 0 aromatic carbocycles. The van der Waals surface area contributed by atoms with Crippen molar-refractivity contribution < 1.29 is 0 Å². The molecule has 1 atom stereocenters. The number of hydrogen-bond donors (Lipinski definition) is 2. The fourth-order valence-electron chi connectivity index (χ4n) is 1.42. The van der Waals surface area contributed by atoms with Crippen LogP contribution >= 0.6 is 0 Å². The van der Waals surface area contributed by atoms with E-state index in [1.165, 1.54) is 5.56 Å². The van der Waals surface area contributed by atoms with Gasteiger partial charge in [-0.1, -0.05) is 0 Å². The van der Waals surface area contributed by atoms with E-state index in [4.69, 9.17) is 5.84 Å². The number of rotatable bonds is 5. The Kier molecular flexibility index (Phi) is 4.52. The fraction of sp³-hybridized carbons (Fsp3) is 0.500.